The molecular formula is C111H83N5O2S2. The van der Waals surface area contributed by atoms with Gasteiger partial charge in [-0.3, -0.25) is 14.5 Å². The van der Waals surface area contributed by atoms with Crippen LogP contribution in [0.5, 0.6) is 0 Å². The van der Waals surface area contributed by atoms with Gasteiger partial charge in [-0.15, -0.1) is 22.7 Å². The van der Waals surface area contributed by atoms with Crippen molar-refractivity contribution in [2.45, 2.75) is 41.5 Å². The maximum absolute atomic E-state index is 6.08. The molecule has 0 aliphatic rings. The maximum Gasteiger partial charge on any atom is 0.144 e. The van der Waals surface area contributed by atoms with Gasteiger partial charge in [-0.05, 0) is 167 Å². The lowest BCUT2D eigenvalue weighted by Crippen LogP contribution is -1.97. The number of thiophene rings is 2. The summed E-state index contributed by atoms with van der Waals surface area (Å²) in [4.78, 5) is 14.0. The first-order chi connectivity index (χ1) is 59.0. The van der Waals surface area contributed by atoms with Crippen LogP contribution in [0.1, 0.15) is 33.8 Å². The Bertz CT molecular complexity index is 7020. The number of fused-ring (bicyclic) bond motifs is 18. The van der Waals surface area contributed by atoms with Crippen LogP contribution in [0.4, 0.5) is 0 Å². The zero-order valence-electron chi connectivity index (χ0n) is 67.4. The molecule has 0 amide bonds. The third kappa shape index (κ3) is 14.9. The third-order valence-corrected chi connectivity index (χ3v) is 24.6. The molecule has 0 bridgehead atoms. The second-order valence-electron chi connectivity index (χ2n) is 30.4. The maximum atomic E-state index is 6.08. The zero-order valence-corrected chi connectivity index (χ0v) is 69.0. The largest absolute Gasteiger partial charge is 0.455 e. The first kappa shape index (κ1) is 75.4. The second-order valence-corrected chi connectivity index (χ2v) is 32.5. The lowest BCUT2D eigenvalue weighted by atomic mass is 10.0. The van der Waals surface area contributed by atoms with Gasteiger partial charge in [0.2, 0.25) is 0 Å². The topological polar surface area (TPSA) is 74.8 Å². The number of benzene rings is 15. The highest BCUT2D eigenvalue weighted by Gasteiger charge is 2.18. The summed E-state index contributed by atoms with van der Waals surface area (Å²) in [5, 5.41) is 15.2. The van der Waals surface area contributed by atoms with Gasteiger partial charge in [-0.1, -0.05) is 302 Å². The Morgan fingerprint density at radius 1 is 0.233 bits per heavy atom. The first-order valence-electron chi connectivity index (χ1n) is 40.6. The summed E-state index contributed by atoms with van der Waals surface area (Å²) in [6, 6.07) is 138. The lowest BCUT2D eigenvalue weighted by Gasteiger charge is -2.08. The molecule has 0 fully saturated rings. The summed E-state index contributed by atoms with van der Waals surface area (Å²) in [6.45, 7) is 12.5. The fourth-order valence-corrected chi connectivity index (χ4v) is 19.1. The molecule has 9 heteroatoms. The summed E-state index contributed by atoms with van der Waals surface area (Å²) in [7, 11) is 0. The molecule has 576 valence electrons. The van der Waals surface area contributed by atoms with Crippen LogP contribution in [-0.4, -0.2) is 24.1 Å². The number of para-hydroxylation sites is 8. The van der Waals surface area contributed by atoms with E-state index in [2.05, 4.69) is 379 Å². The molecule has 0 atom stereocenters. The molecule has 7 nitrogen and oxygen atoms in total. The Kier molecular flexibility index (Phi) is 20.9. The second kappa shape index (κ2) is 33.2. The Balaban J connectivity index is 0.0000000952. The highest BCUT2D eigenvalue weighted by atomic mass is 32.1. The molecule has 120 heavy (non-hydrogen) atoms. The lowest BCUT2D eigenvalue weighted by molar-refractivity contribution is 0.669. The van der Waals surface area contributed by atoms with Crippen molar-refractivity contribution < 1.29 is 8.83 Å². The van der Waals surface area contributed by atoms with E-state index in [1.807, 2.05) is 104 Å². The van der Waals surface area contributed by atoms with E-state index in [-0.39, 0.29) is 0 Å². The van der Waals surface area contributed by atoms with Gasteiger partial charge in [0.05, 0.1) is 33.5 Å². The number of hydrogen-bond acceptors (Lipinski definition) is 7. The molecule has 9 heterocycles. The Morgan fingerprint density at radius 2 is 0.575 bits per heavy atom. The van der Waals surface area contributed by atoms with Crippen LogP contribution in [0.3, 0.4) is 0 Å². The number of pyridine rings is 3. The van der Waals surface area contributed by atoms with Crippen molar-refractivity contribution in [1.82, 2.24) is 24.1 Å². The van der Waals surface area contributed by atoms with Gasteiger partial charge in [0.1, 0.15) is 28.1 Å². The van der Waals surface area contributed by atoms with Gasteiger partial charge in [-0.25, -0.2) is 4.98 Å². The van der Waals surface area contributed by atoms with Crippen molar-refractivity contribution in [1.29, 1.82) is 0 Å². The van der Waals surface area contributed by atoms with Crippen LogP contribution < -0.4 is 0 Å². The van der Waals surface area contributed by atoms with Crippen molar-refractivity contribution in [3.63, 3.8) is 0 Å². The Labute approximate surface area is 704 Å². The van der Waals surface area contributed by atoms with Crippen LogP contribution in [-0.2, 0) is 0 Å². The van der Waals surface area contributed by atoms with E-state index in [1.165, 1.54) is 139 Å². The van der Waals surface area contributed by atoms with Gasteiger partial charge in [0, 0.05) is 123 Å². The van der Waals surface area contributed by atoms with Crippen molar-refractivity contribution in [3.05, 3.63) is 428 Å². The number of aryl methyl sites for hydroxylation is 6. The van der Waals surface area contributed by atoms with Crippen molar-refractivity contribution >= 4 is 151 Å². The van der Waals surface area contributed by atoms with Gasteiger partial charge >= 0.3 is 0 Å². The van der Waals surface area contributed by atoms with E-state index in [0.717, 1.165) is 78.5 Å². The van der Waals surface area contributed by atoms with Crippen LogP contribution in [0.2, 0.25) is 0 Å². The van der Waals surface area contributed by atoms with E-state index in [0.29, 0.717) is 0 Å². The number of rotatable bonds is 6. The molecule has 24 rings (SSSR count). The molecule has 0 saturated carbocycles. The molecule has 0 saturated heterocycles. The third-order valence-electron chi connectivity index (χ3n) is 22.1. The normalized spacial score (nSPS) is 11.2. The molecule has 0 unspecified atom stereocenters. The molecule has 9 aromatic heterocycles. The molecule has 24 aromatic rings. The van der Waals surface area contributed by atoms with Gasteiger partial charge in [0.15, 0.2) is 0 Å². The number of hydrogen-bond donors (Lipinski definition) is 0. The highest BCUT2D eigenvalue weighted by Crippen LogP contribution is 2.44. The molecule has 0 spiro atoms. The standard InChI is InChI=1S/C19H15N.C19H14O.C19H14S.C18H14N2.C18H13NO.C18H13NS/c1-14-7-6-8-15(13-14)20-18-11-4-2-9-16(18)17-10-3-5-12-19(17)20;2*1-13-6-4-7-14(12-13)15-9-5-10-17-16-8-2-3-11-18(16)20-19(15)17;1-13-7-6-12-18(19-13)20-16-10-4-2-8-14(16)15-9-3-5-11-17(15)20;2*1-12-6-4-10-16(19-12)15-9-5-8-14-13-7-2-3-11-17(13)20-18(14)15/h2-13H,1H3;3*2-12H,1H3;2*2-11H,1H3. The van der Waals surface area contributed by atoms with E-state index < -0.39 is 0 Å². The Hall–Kier alpha value is -14.6. The minimum atomic E-state index is 0.909. The smallest absolute Gasteiger partial charge is 0.144 e. The van der Waals surface area contributed by atoms with Gasteiger partial charge in [-0.2, -0.15) is 0 Å². The number of aromatic nitrogens is 5. The predicted molar refractivity (Wildman–Crippen MR) is 511 cm³/mol. The number of furan rings is 2. The summed E-state index contributed by atoms with van der Waals surface area (Å²) in [5.74, 6) is 0.974. The number of nitrogens with zero attached hydrogens (tertiary/aromatic N) is 5. The quantitative estimate of drug-likeness (QED) is 0.166. The molecule has 0 aliphatic carbocycles. The Morgan fingerprint density at radius 3 is 1.06 bits per heavy atom. The summed E-state index contributed by atoms with van der Waals surface area (Å²) in [6.07, 6.45) is 0. The molecule has 0 radical (unpaired) electrons. The van der Waals surface area contributed by atoms with Gasteiger partial charge in [0.25, 0.3) is 0 Å². The highest BCUT2D eigenvalue weighted by molar-refractivity contribution is 7.26. The average molecular weight is 1580 g/mol. The summed E-state index contributed by atoms with van der Waals surface area (Å²) in [5.41, 5.74) is 26.1. The van der Waals surface area contributed by atoms with E-state index in [9.17, 15) is 0 Å². The van der Waals surface area contributed by atoms with Crippen LogP contribution in [0.15, 0.2) is 403 Å². The molecule has 0 aliphatic heterocycles. The minimum absolute atomic E-state index is 0.909. The van der Waals surface area contributed by atoms with Crippen molar-refractivity contribution in [2.75, 3.05) is 0 Å². The average Bonchev–Trinajstić information content (AvgIpc) is 1.60. The van der Waals surface area contributed by atoms with Crippen LogP contribution in [0, 0.1) is 41.5 Å². The monoisotopic (exact) mass is 1580 g/mol. The SMILES string of the molecule is Cc1cccc(-c2cccc3c2oc2ccccc23)c1.Cc1cccc(-c2cccc3c2oc2ccccc23)n1.Cc1cccc(-c2cccc3c2sc2ccccc23)c1.Cc1cccc(-c2cccc3c2sc2ccccc23)n1.Cc1cccc(-n2c3ccccc3c3ccccc32)c1.Cc1cccc(-n2c3ccccc3c3ccccc32)n1. The van der Waals surface area contributed by atoms with Gasteiger partial charge < -0.3 is 13.4 Å². The van der Waals surface area contributed by atoms with Crippen molar-refractivity contribution in [3.8, 4) is 56.3 Å². The van der Waals surface area contributed by atoms with Crippen molar-refractivity contribution in [2.24, 2.45) is 0 Å². The molecule has 0 N–H and O–H groups in total. The predicted octanol–water partition coefficient (Wildman–Crippen LogP) is 31.6. The zero-order chi connectivity index (χ0) is 81.2. The first-order valence-corrected chi connectivity index (χ1v) is 42.2. The summed E-state index contributed by atoms with van der Waals surface area (Å²) < 4.78 is 22.1. The fraction of sp³-hybridized carbons (Fsp3) is 0.0541. The van der Waals surface area contributed by atoms with E-state index >= 15 is 0 Å². The van der Waals surface area contributed by atoms with E-state index in [4.69, 9.17) is 8.83 Å². The molecule has 15 aromatic carbocycles. The van der Waals surface area contributed by atoms with Crippen LogP contribution >= 0.6 is 22.7 Å². The molecular weight excluding hydrogens is 1500 g/mol. The minimum Gasteiger partial charge on any atom is -0.455 e. The summed E-state index contributed by atoms with van der Waals surface area (Å²) >= 11 is 3.74. The fourth-order valence-electron chi connectivity index (χ4n) is 16.6. The van der Waals surface area contributed by atoms with Crippen LogP contribution in [0.25, 0.3) is 184 Å². The van der Waals surface area contributed by atoms with E-state index in [1.54, 1.807) is 0 Å².